The second-order valence-electron chi connectivity index (χ2n) is 3.27. The molecule has 0 bridgehead atoms. The summed E-state index contributed by atoms with van der Waals surface area (Å²) >= 11 is 3.06. The third-order valence-electron chi connectivity index (χ3n) is 1.88. The van der Waals surface area contributed by atoms with Crippen LogP contribution in [0.1, 0.15) is 5.56 Å². The number of alkyl halides is 1. The Morgan fingerprint density at radius 1 is 1.40 bits per heavy atom. The van der Waals surface area contributed by atoms with Gasteiger partial charge >= 0.3 is 0 Å². The SMILES string of the molecule is CS(=O)(=O)c1cccc(CC(=O)CBr)c1. The van der Waals surface area contributed by atoms with Gasteiger partial charge in [0.05, 0.1) is 10.2 Å². The first-order chi connectivity index (χ1) is 6.93. The maximum absolute atomic E-state index is 11.2. The predicted octanol–water partition coefficient (Wildman–Crippen LogP) is 1.60. The van der Waals surface area contributed by atoms with Crippen LogP contribution in [0.3, 0.4) is 0 Å². The second kappa shape index (κ2) is 4.90. The van der Waals surface area contributed by atoms with E-state index in [4.69, 9.17) is 0 Å². The van der Waals surface area contributed by atoms with E-state index in [2.05, 4.69) is 15.9 Å². The smallest absolute Gasteiger partial charge is 0.175 e. The molecule has 3 nitrogen and oxygen atoms in total. The Hall–Kier alpha value is -0.680. The average Bonchev–Trinajstić information content (AvgIpc) is 2.17. The number of sulfone groups is 1. The van der Waals surface area contributed by atoms with Gasteiger partial charge in [-0.2, -0.15) is 0 Å². The maximum Gasteiger partial charge on any atom is 0.175 e. The Morgan fingerprint density at radius 2 is 2.07 bits per heavy atom. The van der Waals surface area contributed by atoms with Gasteiger partial charge in [-0.1, -0.05) is 28.1 Å². The molecule has 0 heterocycles. The Balaban J connectivity index is 2.99. The summed E-state index contributed by atoms with van der Waals surface area (Å²) in [7, 11) is -3.19. The van der Waals surface area contributed by atoms with Gasteiger partial charge in [-0.25, -0.2) is 8.42 Å². The lowest BCUT2D eigenvalue weighted by Crippen LogP contribution is -2.05. The normalized spacial score (nSPS) is 11.3. The van der Waals surface area contributed by atoms with Gasteiger partial charge in [0.15, 0.2) is 9.84 Å². The molecule has 0 radical (unpaired) electrons. The lowest BCUT2D eigenvalue weighted by molar-refractivity contribution is -0.115. The van der Waals surface area contributed by atoms with Crippen LogP contribution in [-0.4, -0.2) is 25.8 Å². The van der Waals surface area contributed by atoms with Gasteiger partial charge in [0, 0.05) is 12.7 Å². The molecule has 0 saturated heterocycles. The Morgan fingerprint density at radius 3 is 2.60 bits per heavy atom. The lowest BCUT2D eigenvalue weighted by Gasteiger charge is -2.02. The van der Waals surface area contributed by atoms with Gasteiger partial charge in [-0.3, -0.25) is 4.79 Å². The number of benzene rings is 1. The molecule has 0 N–H and O–H groups in total. The number of hydrogen-bond acceptors (Lipinski definition) is 3. The largest absolute Gasteiger partial charge is 0.298 e. The number of ketones is 1. The molecule has 0 atom stereocenters. The van der Waals surface area contributed by atoms with Gasteiger partial charge in [0.2, 0.25) is 0 Å². The first-order valence-electron chi connectivity index (χ1n) is 4.30. The minimum Gasteiger partial charge on any atom is -0.298 e. The molecular formula is C10H11BrO3S. The molecule has 5 heteroatoms. The molecule has 1 aromatic carbocycles. The number of carbonyl (C=O) groups is 1. The predicted molar refractivity (Wildman–Crippen MR) is 62.1 cm³/mol. The minimum atomic E-state index is -3.19. The number of rotatable bonds is 4. The van der Waals surface area contributed by atoms with Crippen molar-refractivity contribution in [2.75, 3.05) is 11.6 Å². The molecule has 82 valence electrons. The fourth-order valence-electron chi connectivity index (χ4n) is 1.16. The zero-order chi connectivity index (χ0) is 11.5. The zero-order valence-corrected chi connectivity index (χ0v) is 10.6. The van der Waals surface area contributed by atoms with Crippen molar-refractivity contribution in [3.8, 4) is 0 Å². The summed E-state index contributed by atoms with van der Waals surface area (Å²) in [6.07, 6.45) is 1.41. The van der Waals surface area contributed by atoms with Crippen molar-refractivity contribution < 1.29 is 13.2 Å². The van der Waals surface area contributed by atoms with Gasteiger partial charge in [0.25, 0.3) is 0 Å². The molecule has 0 aliphatic rings. The molecule has 1 aromatic rings. The van der Waals surface area contributed by atoms with E-state index in [9.17, 15) is 13.2 Å². The van der Waals surface area contributed by atoms with Crippen LogP contribution >= 0.6 is 15.9 Å². The topological polar surface area (TPSA) is 51.2 Å². The van der Waals surface area contributed by atoms with Crippen LogP contribution in [0.15, 0.2) is 29.2 Å². The van der Waals surface area contributed by atoms with Crippen molar-refractivity contribution >= 4 is 31.6 Å². The third-order valence-corrected chi connectivity index (χ3v) is 3.61. The number of hydrogen-bond donors (Lipinski definition) is 0. The summed E-state index contributed by atoms with van der Waals surface area (Å²) in [6, 6.07) is 6.45. The van der Waals surface area contributed by atoms with E-state index in [0.717, 1.165) is 11.8 Å². The van der Waals surface area contributed by atoms with Crippen LogP contribution in [0.4, 0.5) is 0 Å². The molecular weight excluding hydrogens is 280 g/mol. The monoisotopic (exact) mass is 290 g/mol. The van der Waals surface area contributed by atoms with E-state index in [1.54, 1.807) is 12.1 Å². The minimum absolute atomic E-state index is 0.0284. The average molecular weight is 291 g/mol. The molecule has 15 heavy (non-hydrogen) atoms. The molecule has 0 unspecified atom stereocenters. The Labute approximate surface area is 97.5 Å². The lowest BCUT2D eigenvalue weighted by atomic mass is 10.1. The van der Waals surface area contributed by atoms with Gasteiger partial charge in [-0.05, 0) is 17.7 Å². The van der Waals surface area contributed by atoms with E-state index in [1.165, 1.54) is 12.1 Å². The Bertz CT molecular complexity index is 465. The van der Waals surface area contributed by atoms with Crippen LogP contribution in [0.25, 0.3) is 0 Å². The van der Waals surface area contributed by atoms with Crippen LogP contribution in [0, 0.1) is 0 Å². The van der Waals surface area contributed by atoms with Gasteiger partial charge in [-0.15, -0.1) is 0 Å². The van der Waals surface area contributed by atoms with E-state index >= 15 is 0 Å². The van der Waals surface area contributed by atoms with Crippen LogP contribution in [-0.2, 0) is 21.1 Å². The standard InChI is InChI=1S/C10H11BrO3S/c1-15(13,14)10-4-2-3-8(6-10)5-9(12)7-11/h2-4,6H,5,7H2,1H3. The fraction of sp³-hybridized carbons (Fsp3) is 0.300. The first kappa shape index (κ1) is 12.4. The van der Waals surface area contributed by atoms with Crippen LogP contribution in [0.5, 0.6) is 0 Å². The van der Waals surface area contributed by atoms with Gasteiger partial charge < -0.3 is 0 Å². The number of carbonyl (C=O) groups excluding carboxylic acids is 1. The fourth-order valence-corrected chi connectivity index (χ4v) is 2.05. The van der Waals surface area contributed by atoms with Crippen molar-refractivity contribution in [1.29, 1.82) is 0 Å². The van der Waals surface area contributed by atoms with E-state index in [1.807, 2.05) is 0 Å². The zero-order valence-electron chi connectivity index (χ0n) is 8.23. The molecule has 0 aliphatic heterocycles. The highest BCUT2D eigenvalue weighted by Gasteiger charge is 2.08. The van der Waals surface area contributed by atoms with Crippen molar-refractivity contribution in [2.24, 2.45) is 0 Å². The number of Topliss-reactive ketones (excluding diaryl/α,β-unsaturated/α-hetero) is 1. The summed E-state index contributed by atoms with van der Waals surface area (Å²) in [5.74, 6) is 0.0284. The van der Waals surface area contributed by atoms with Crippen molar-refractivity contribution in [3.63, 3.8) is 0 Å². The summed E-state index contributed by atoms with van der Waals surface area (Å²) in [5, 5.41) is 0.288. The molecule has 0 aliphatic carbocycles. The van der Waals surface area contributed by atoms with Crippen molar-refractivity contribution in [2.45, 2.75) is 11.3 Å². The van der Waals surface area contributed by atoms with Crippen LogP contribution < -0.4 is 0 Å². The van der Waals surface area contributed by atoms with E-state index in [0.29, 0.717) is 0 Å². The highest BCUT2D eigenvalue weighted by atomic mass is 79.9. The molecule has 0 aromatic heterocycles. The van der Waals surface area contributed by atoms with Crippen molar-refractivity contribution in [3.05, 3.63) is 29.8 Å². The number of halogens is 1. The van der Waals surface area contributed by atoms with Crippen LogP contribution in [0.2, 0.25) is 0 Å². The van der Waals surface area contributed by atoms with E-state index < -0.39 is 9.84 Å². The second-order valence-corrected chi connectivity index (χ2v) is 5.85. The molecule has 0 spiro atoms. The van der Waals surface area contributed by atoms with E-state index in [-0.39, 0.29) is 22.4 Å². The highest BCUT2D eigenvalue weighted by Crippen LogP contribution is 2.12. The van der Waals surface area contributed by atoms with Gasteiger partial charge in [0.1, 0.15) is 5.78 Å². The maximum atomic E-state index is 11.2. The summed E-state index contributed by atoms with van der Waals surface area (Å²) in [6.45, 7) is 0. The highest BCUT2D eigenvalue weighted by molar-refractivity contribution is 9.09. The molecule has 0 saturated carbocycles. The first-order valence-corrected chi connectivity index (χ1v) is 7.31. The summed E-state index contributed by atoms with van der Waals surface area (Å²) in [4.78, 5) is 11.4. The summed E-state index contributed by atoms with van der Waals surface area (Å²) < 4.78 is 22.5. The third kappa shape index (κ3) is 3.76. The molecule has 0 amide bonds. The molecule has 1 rings (SSSR count). The summed E-state index contributed by atoms with van der Waals surface area (Å²) in [5.41, 5.74) is 0.724. The van der Waals surface area contributed by atoms with Crippen molar-refractivity contribution in [1.82, 2.24) is 0 Å². The molecule has 0 fully saturated rings. The Kier molecular flexibility index (Phi) is 4.04. The quantitative estimate of drug-likeness (QED) is 0.792.